The lowest BCUT2D eigenvalue weighted by Gasteiger charge is -2.37. The number of allylic oxidation sites excluding steroid dienone is 3. The maximum atomic E-state index is 6.26. The van der Waals surface area contributed by atoms with Crippen molar-refractivity contribution in [2.45, 2.75) is 52.2 Å². The van der Waals surface area contributed by atoms with Crippen molar-refractivity contribution in [2.24, 2.45) is 5.92 Å². The van der Waals surface area contributed by atoms with Gasteiger partial charge in [-0.2, -0.15) is 0 Å². The molecule has 1 rings (SSSR count). The molecule has 0 aliphatic heterocycles. The quantitative estimate of drug-likeness (QED) is 0.496. The highest BCUT2D eigenvalue weighted by Crippen LogP contribution is 2.38. The smallest absolute Gasteiger partial charge is 0.250 e. The van der Waals surface area contributed by atoms with E-state index >= 15 is 0 Å². The summed E-state index contributed by atoms with van der Waals surface area (Å²) in [5.74, 6) is 1.70. The summed E-state index contributed by atoms with van der Waals surface area (Å²) in [5, 5.41) is 0.290. The Morgan fingerprint density at radius 3 is 2.40 bits per heavy atom. The fourth-order valence-electron chi connectivity index (χ4n) is 1.37. The van der Waals surface area contributed by atoms with Crippen molar-refractivity contribution in [1.82, 2.24) is 0 Å². The van der Waals surface area contributed by atoms with E-state index < -0.39 is 8.32 Å². The maximum absolute atomic E-state index is 6.26. The molecule has 0 aromatic carbocycles. The van der Waals surface area contributed by atoms with Gasteiger partial charge in [0.05, 0.1) is 5.76 Å². The van der Waals surface area contributed by atoms with Crippen LogP contribution in [0.3, 0.4) is 0 Å². The van der Waals surface area contributed by atoms with E-state index in [0.29, 0.717) is 5.92 Å². The van der Waals surface area contributed by atoms with Crippen LogP contribution >= 0.6 is 0 Å². The maximum Gasteiger partial charge on any atom is 0.250 e. The van der Waals surface area contributed by atoms with E-state index in [4.69, 9.17) is 4.43 Å². The zero-order valence-electron chi connectivity index (χ0n) is 10.9. The molecule has 0 N–H and O–H groups in total. The van der Waals surface area contributed by atoms with Crippen LogP contribution in [0.15, 0.2) is 24.0 Å². The van der Waals surface area contributed by atoms with Crippen molar-refractivity contribution in [3.05, 3.63) is 24.0 Å². The zero-order chi connectivity index (χ0) is 11.7. The molecular weight excluding hydrogens is 200 g/mol. The minimum atomic E-state index is -1.62. The molecule has 1 aliphatic carbocycles. The molecule has 0 bridgehead atoms. The Morgan fingerprint density at radius 1 is 1.33 bits per heavy atom. The average molecular weight is 224 g/mol. The summed E-state index contributed by atoms with van der Waals surface area (Å²) in [4.78, 5) is 0. The van der Waals surface area contributed by atoms with Gasteiger partial charge in [-0.15, -0.1) is 0 Å². The van der Waals surface area contributed by atoms with Gasteiger partial charge < -0.3 is 4.43 Å². The van der Waals surface area contributed by atoms with E-state index in [1.807, 2.05) is 0 Å². The van der Waals surface area contributed by atoms with Crippen molar-refractivity contribution >= 4 is 8.32 Å². The molecule has 0 radical (unpaired) electrons. The van der Waals surface area contributed by atoms with Crippen LogP contribution in [0.25, 0.3) is 0 Å². The molecule has 86 valence electrons. The summed E-state index contributed by atoms with van der Waals surface area (Å²) >= 11 is 0. The predicted octanol–water partition coefficient (Wildman–Crippen LogP) is 4.49. The molecule has 1 atom stereocenters. The molecule has 0 heterocycles. The van der Waals surface area contributed by atoms with Crippen LogP contribution in [0.5, 0.6) is 0 Å². The highest BCUT2D eigenvalue weighted by molar-refractivity contribution is 6.74. The monoisotopic (exact) mass is 224 g/mol. The van der Waals surface area contributed by atoms with Gasteiger partial charge in [0, 0.05) is 6.42 Å². The first-order valence-electron chi connectivity index (χ1n) is 5.79. The topological polar surface area (TPSA) is 9.23 Å². The Bertz CT molecular complexity index is 281. The first-order chi connectivity index (χ1) is 6.72. The molecule has 1 aliphatic rings. The van der Waals surface area contributed by atoms with Gasteiger partial charge in [0.15, 0.2) is 0 Å². The highest BCUT2D eigenvalue weighted by Gasteiger charge is 2.39. The lowest BCUT2D eigenvalue weighted by Crippen LogP contribution is -2.40. The summed E-state index contributed by atoms with van der Waals surface area (Å²) in [6.07, 6.45) is 7.67. The van der Waals surface area contributed by atoms with Gasteiger partial charge >= 0.3 is 0 Å². The fourth-order valence-corrected chi connectivity index (χ4v) is 2.49. The van der Waals surface area contributed by atoms with Crippen molar-refractivity contribution in [2.75, 3.05) is 0 Å². The lowest BCUT2D eigenvalue weighted by molar-refractivity contribution is 0.370. The largest absolute Gasteiger partial charge is 0.546 e. The van der Waals surface area contributed by atoms with Crippen LogP contribution < -0.4 is 0 Å². The van der Waals surface area contributed by atoms with Crippen molar-refractivity contribution in [3.8, 4) is 0 Å². The van der Waals surface area contributed by atoms with Crippen molar-refractivity contribution < 1.29 is 4.43 Å². The van der Waals surface area contributed by atoms with Gasteiger partial charge in [-0.1, -0.05) is 39.8 Å². The Hall–Kier alpha value is -0.503. The molecule has 0 fully saturated rings. The molecule has 0 amide bonds. The van der Waals surface area contributed by atoms with Crippen molar-refractivity contribution in [1.29, 1.82) is 0 Å². The molecule has 0 aromatic rings. The minimum Gasteiger partial charge on any atom is -0.546 e. The molecule has 15 heavy (non-hydrogen) atoms. The van der Waals surface area contributed by atoms with Crippen LogP contribution in [0.2, 0.25) is 18.1 Å². The molecule has 0 saturated carbocycles. The van der Waals surface area contributed by atoms with Gasteiger partial charge in [-0.25, -0.2) is 0 Å². The van der Waals surface area contributed by atoms with Crippen LogP contribution in [-0.4, -0.2) is 8.32 Å². The van der Waals surface area contributed by atoms with Crippen molar-refractivity contribution in [3.63, 3.8) is 0 Å². The standard InChI is InChI=1S/C13H24OSi/c1-11-8-7-9-12(10-11)14-15(5,6)13(2,3)4/h7-8,10-11H,9H2,1-6H3. The predicted molar refractivity (Wildman–Crippen MR) is 69.3 cm³/mol. The first kappa shape index (κ1) is 12.6. The summed E-state index contributed by atoms with van der Waals surface area (Å²) in [5.41, 5.74) is 0. The van der Waals surface area contributed by atoms with Crippen LogP contribution in [0, 0.1) is 5.92 Å². The fraction of sp³-hybridized carbons (Fsp3) is 0.692. The highest BCUT2D eigenvalue weighted by atomic mass is 28.4. The SMILES string of the molecule is CC1C=CCC(O[Si](C)(C)C(C)(C)C)=C1. The Balaban J connectivity index is 2.70. The zero-order valence-corrected chi connectivity index (χ0v) is 11.9. The second kappa shape index (κ2) is 4.16. The minimum absolute atomic E-state index is 0.290. The normalized spacial score (nSPS) is 22.5. The molecule has 0 saturated heterocycles. The Morgan fingerprint density at radius 2 is 1.93 bits per heavy atom. The summed E-state index contributed by atoms with van der Waals surface area (Å²) in [7, 11) is -1.62. The number of hydrogen-bond acceptors (Lipinski definition) is 1. The molecule has 2 heteroatoms. The first-order valence-corrected chi connectivity index (χ1v) is 8.69. The molecule has 1 nitrogen and oxygen atoms in total. The Kier molecular flexibility index (Phi) is 3.49. The van der Waals surface area contributed by atoms with E-state index in [-0.39, 0.29) is 5.04 Å². The lowest BCUT2D eigenvalue weighted by atomic mass is 10.0. The van der Waals surface area contributed by atoms with Gasteiger partial charge in [0.1, 0.15) is 0 Å². The molecule has 0 aromatic heterocycles. The number of rotatable bonds is 2. The van der Waals surface area contributed by atoms with E-state index in [0.717, 1.165) is 6.42 Å². The Labute approximate surface area is 95.4 Å². The third-order valence-electron chi connectivity index (χ3n) is 3.40. The third kappa shape index (κ3) is 3.23. The third-order valence-corrected chi connectivity index (χ3v) is 7.78. The van der Waals surface area contributed by atoms with Gasteiger partial charge in [-0.05, 0) is 30.1 Å². The molecule has 1 unspecified atom stereocenters. The second-order valence-electron chi connectivity index (χ2n) is 5.99. The van der Waals surface area contributed by atoms with E-state index in [1.54, 1.807) is 0 Å². The average Bonchev–Trinajstić information content (AvgIpc) is 2.00. The number of hydrogen-bond donors (Lipinski definition) is 0. The van der Waals surface area contributed by atoms with Gasteiger partial charge in [0.2, 0.25) is 8.32 Å². The van der Waals surface area contributed by atoms with Gasteiger partial charge in [0.25, 0.3) is 0 Å². The van der Waals surface area contributed by atoms with E-state index in [9.17, 15) is 0 Å². The van der Waals surface area contributed by atoms with Crippen LogP contribution in [-0.2, 0) is 4.43 Å². The van der Waals surface area contributed by atoms with E-state index in [1.165, 1.54) is 5.76 Å². The van der Waals surface area contributed by atoms with E-state index in [2.05, 4.69) is 59.0 Å². The molecular formula is C13H24OSi. The summed E-state index contributed by atoms with van der Waals surface area (Å²) in [6.45, 7) is 13.6. The van der Waals surface area contributed by atoms with Crippen LogP contribution in [0.1, 0.15) is 34.1 Å². The van der Waals surface area contributed by atoms with Gasteiger partial charge in [-0.3, -0.25) is 0 Å². The molecule has 0 spiro atoms. The summed E-state index contributed by atoms with van der Waals surface area (Å²) in [6, 6.07) is 0. The van der Waals surface area contributed by atoms with Crippen LogP contribution in [0.4, 0.5) is 0 Å². The summed E-state index contributed by atoms with van der Waals surface area (Å²) < 4.78 is 6.26. The second-order valence-corrected chi connectivity index (χ2v) is 10.7.